The van der Waals surface area contributed by atoms with Crippen molar-refractivity contribution in [1.82, 2.24) is 4.90 Å². The Morgan fingerprint density at radius 3 is 2.73 bits per heavy atom. The first-order valence-corrected chi connectivity index (χ1v) is 11.9. The number of benzene rings is 1. The van der Waals surface area contributed by atoms with Crippen molar-refractivity contribution in [3.8, 4) is 11.5 Å². The fourth-order valence-corrected chi connectivity index (χ4v) is 9.03. The van der Waals surface area contributed by atoms with Crippen LogP contribution < -0.4 is 4.74 Å². The van der Waals surface area contributed by atoms with Gasteiger partial charge in [0.2, 0.25) is 0 Å². The van der Waals surface area contributed by atoms with Gasteiger partial charge in [0.15, 0.2) is 23.4 Å². The minimum Gasteiger partial charge on any atom is -0.504 e. The molecule has 2 heterocycles. The van der Waals surface area contributed by atoms with Gasteiger partial charge in [-0.15, -0.1) is 0 Å². The number of likely N-dealkylation sites (N-methyl/N-ethyl adjacent to an activating group) is 1. The standard InChI is InChI=1S/C25H31NO4/c1-26-9-8-24-20-15-6-7-18(27)22(20)30-23(24)21(28)16-10-13-4-2-3-5-14(13)11-17(16)25(24,29)19(26)12-15/h6-7,13-14,16-17,19,23,27,29H,2-5,8-12H2,1H3/t13?,14?,16?,17?,19?,23?,24-,25+/m0/s1. The van der Waals surface area contributed by atoms with Crippen LogP contribution in [-0.2, 0) is 16.6 Å². The van der Waals surface area contributed by atoms with E-state index in [-0.39, 0.29) is 29.4 Å². The molecule has 1 aromatic carbocycles. The number of ketones is 1. The predicted molar refractivity (Wildman–Crippen MR) is 111 cm³/mol. The van der Waals surface area contributed by atoms with Crippen LogP contribution in [-0.4, -0.2) is 52.2 Å². The van der Waals surface area contributed by atoms with Crippen molar-refractivity contribution < 1.29 is 19.7 Å². The number of carbonyl (C=O) groups is 1. The highest BCUT2D eigenvalue weighted by atomic mass is 16.5. The van der Waals surface area contributed by atoms with E-state index >= 15 is 0 Å². The molecule has 3 saturated carbocycles. The summed E-state index contributed by atoms with van der Waals surface area (Å²) in [6.07, 6.45) is 7.74. The highest BCUT2D eigenvalue weighted by Crippen LogP contribution is 2.69. The molecule has 5 heteroatoms. The molecular formula is C25H31NO4. The van der Waals surface area contributed by atoms with Gasteiger partial charge in [0.05, 0.1) is 11.0 Å². The first-order chi connectivity index (χ1) is 14.5. The summed E-state index contributed by atoms with van der Waals surface area (Å²) in [6.45, 7) is 0.845. The minimum atomic E-state index is -0.975. The van der Waals surface area contributed by atoms with Crippen LogP contribution in [0.5, 0.6) is 11.5 Å². The van der Waals surface area contributed by atoms with E-state index < -0.39 is 17.1 Å². The molecule has 30 heavy (non-hydrogen) atoms. The van der Waals surface area contributed by atoms with Crippen molar-refractivity contribution >= 4 is 5.78 Å². The number of fused-ring (bicyclic) bond motifs is 2. The van der Waals surface area contributed by atoms with Crippen molar-refractivity contribution in [1.29, 1.82) is 0 Å². The zero-order chi connectivity index (χ0) is 20.4. The largest absolute Gasteiger partial charge is 0.504 e. The zero-order valence-corrected chi connectivity index (χ0v) is 17.6. The number of ether oxygens (including phenoxy) is 1. The molecule has 2 bridgehead atoms. The third-order valence-electron chi connectivity index (χ3n) is 10.2. The number of piperidine rings is 1. The van der Waals surface area contributed by atoms with Gasteiger partial charge in [0.1, 0.15) is 0 Å². The molecule has 1 spiro atoms. The van der Waals surface area contributed by atoms with E-state index in [0.717, 1.165) is 36.9 Å². The lowest BCUT2D eigenvalue weighted by Crippen LogP contribution is -2.81. The average Bonchev–Trinajstić information content (AvgIpc) is 3.11. The van der Waals surface area contributed by atoms with Crippen LogP contribution in [0, 0.1) is 23.7 Å². The highest BCUT2D eigenvalue weighted by molar-refractivity contribution is 5.92. The van der Waals surface area contributed by atoms with E-state index in [2.05, 4.69) is 11.9 Å². The first kappa shape index (κ1) is 18.0. The number of aromatic hydroxyl groups is 1. The molecule has 7 rings (SSSR count). The second-order valence-electron chi connectivity index (χ2n) is 11.1. The number of aliphatic hydroxyl groups is 1. The van der Waals surface area contributed by atoms with Gasteiger partial charge in [-0.3, -0.25) is 4.79 Å². The minimum absolute atomic E-state index is 0.00100. The van der Waals surface area contributed by atoms with Crippen LogP contribution in [0.3, 0.4) is 0 Å². The predicted octanol–water partition coefficient (Wildman–Crippen LogP) is 2.80. The SMILES string of the molecule is CN1CC[C@]23c4c5ccc(O)c4OC2C(=O)C2CC4CCCCC4CC2[C@@]3(O)C1C5. The summed E-state index contributed by atoms with van der Waals surface area (Å²) in [5.41, 5.74) is 0.421. The number of carbonyl (C=O) groups excluding carboxylic acids is 1. The number of rotatable bonds is 0. The molecule has 0 radical (unpaired) electrons. The molecule has 160 valence electrons. The summed E-state index contributed by atoms with van der Waals surface area (Å²) in [5.74, 6) is 1.93. The van der Waals surface area contributed by atoms with Gasteiger partial charge < -0.3 is 19.8 Å². The van der Waals surface area contributed by atoms with Crippen molar-refractivity contribution in [2.75, 3.05) is 13.6 Å². The van der Waals surface area contributed by atoms with Gasteiger partial charge in [-0.25, -0.2) is 0 Å². The van der Waals surface area contributed by atoms with E-state index in [0.29, 0.717) is 24.0 Å². The summed E-state index contributed by atoms with van der Waals surface area (Å²) >= 11 is 0. The molecular weight excluding hydrogens is 378 g/mol. The lowest BCUT2D eigenvalue weighted by Gasteiger charge is -2.67. The summed E-state index contributed by atoms with van der Waals surface area (Å²) in [5, 5.41) is 23.4. The number of nitrogens with zero attached hydrogens (tertiary/aromatic N) is 1. The lowest BCUT2D eigenvalue weighted by molar-refractivity contribution is -0.232. The fourth-order valence-electron chi connectivity index (χ4n) is 9.03. The van der Waals surface area contributed by atoms with Gasteiger partial charge in [-0.05, 0) is 62.7 Å². The first-order valence-electron chi connectivity index (χ1n) is 11.9. The molecule has 2 aliphatic heterocycles. The number of hydrogen-bond acceptors (Lipinski definition) is 5. The van der Waals surface area contributed by atoms with E-state index in [9.17, 15) is 15.0 Å². The third kappa shape index (κ3) is 1.80. The quantitative estimate of drug-likeness (QED) is 0.690. The van der Waals surface area contributed by atoms with Crippen LogP contribution in [0.4, 0.5) is 0 Å². The molecule has 4 aliphatic carbocycles. The molecule has 2 N–H and O–H groups in total. The maximum absolute atomic E-state index is 14.0. The normalized spacial score (nSPS) is 48.4. The van der Waals surface area contributed by atoms with Crippen molar-refractivity contribution in [2.24, 2.45) is 23.7 Å². The molecule has 6 aliphatic rings. The van der Waals surface area contributed by atoms with Gasteiger partial charge in [0, 0.05) is 23.4 Å². The van der Waals surface area contributed by atoms with E-state index in [1.54, 1.807) is 6.07 Å². The fraction of sp³-hybridized carbons (Fsp3) is 0.720. The van der Waals surface area contributed by atoms with E-state index in [4.69, 9.17) is 4.74 Å². The lowest BCUT2D eigenvalue weighted by atomic mass is 9.41. The van der Waals surface area contributed by atoms with Gasteiger partial charge in [-0.1, -0.05) is 31.7 Å². The number of hydrogen-bond donors (Lipinski definition) is 2. The maximum atomic E-state index is 14.0. The Labute approximate surface area is 177 Å². The molecule has 6 unspecified atom stereocenters. The van der Waals surface area contributed by atoms with Crippen molar-refractivity contribution in [2.45, 2.75) is 74.5 Å². The number of likely N-dealkylation sites (tertiary alicyclic amines) is 1. The number of Topliss-reactive ketones (excluding diaryl/α,β-unsaturated/α-hetero) is 1. The average molecular weight is 410 g/mol. The van der Waals surface area contributed by atoms with Crippen molar-refractivity contribution in [3.63, 3.8) is 0 Å². The summed E-state index contributed by atoms with van der Waals surface area (Å²) in [6, 6.07) is 3.69. The molecule has 1 aromatic rings. The van der Waals surface area contributed by atoms with Crippen LogP contribution in [0.25, 0.3) is 0 Å². The third-order valence-corrected chi connectivity index (χ3v) is 10.2. The monoisotopic (exact) mass is 409 g/mol. The Balaban J connectivity index is 1.47. The molecule has 0 amide bonds. The number of phenols is 1. The molecule has 5 nitrogen and oxygen atoms in total. The topological polar surface area (TPSA) is 70.0 Å². The van der Waals surface area contributed by atoms with Gasteiger partial charge in [0.25, 0.3) is 0 Å². The van der Waals surface area contributed by atoms with E-state index in [1.165, 1.54) is 25.7 Å². The van der Waals surface area contributed by atoms with E-state index in [1.807, 2.05) is 6.07 Å². The summed E-state index contributed by atoms with van der Waals surface area (Å²) < 4.78 is 6.33. The van der Waals surface area contributed by atoms with Crippen LogP contribution in [0.15, 0.2) is 12.1 Å². The Morgan fingerprint density at radius 1 is 1.17 bits per heavy atom. The second-order valence-corrected chi connectivity index (χ2v) is 11.1. The Kier molecular flexibility index (Phi) is 3.37. The summed E-state index contributed by atoms with van der Waals surface area (Å²) in [4.78, 5) is 16.3. The zero-order valence-electron chi connectivity index (χ0n) is 17.6. The van der Waals surface area contributed by atoms with Crippen LogP contribution in [0.1, 0.15) is 56.1 Å². The van der Waals surface area contributed by atoms with Gasteiger partial charge >= 0.3 is 0 Å². The smallest absolute Gasteiger partial charge is 0.177 e. The Morgan fingerprint density at radius 2 is 1.93 bits per heavy atom. The molecule has 4 fully saturated rings. The summed E-state index contributed by atoms with van der Waals surface area (Å²) in [7, 11) is 2.13. The highest BCUT2D eigenvalue weighted by Gasteiger charge is 2.77. The van der Waals surface area contributed by atoms with Crippen molar-refractivity contribution in [3.05, 3.63) is 23.3 Å². The Hall–Kier alpha value is -1.59. The van der Waals surface area contributed by atoms with Gasteiger partial charge in [-0.2, -0.15) is 0 Å². The molecule has 8 atom stereocenters. The van der Waals surface area contributed by atoms with Crippen LogP contribution in [0.2, 0.25) is 0 Å². The Bertz CT molecular complexity index is 961. The molecule has 0 aromatic heterocycles. The van der Waals surface area contributed by atoms with Crippen LogP contribution >= 0.6 is 0 Å². The maximum Gasteiger partial charge on any atom is 0.177 e. The number of phenolic OH excluding ortho intramolecular Hbond substituents is 1. The second kappa shape index (κ2) is 5.60. The molecule has 1 saturated heterocycles.